The number of halogens is 2. The molecular formula is C9H7ClFNO4. The number of carbonyl (C=O) groups is 1. The van der Waals surface area contributed by atoms with Crippen LogP contribution in [0.4, 0.5) is 10.1 Å². The largest absolute Gasteiger partial charge is 0.462 e. The van der Waals surface area contributed by atoms with Gasteiger partial charge in [-0.2, -0.15) is 4.39 Å². The zero-order valence-electron chi connectivity index (χ0n) is 8.20. The summed E-state index contributed by atoms with van der Waals surface area (Å²) in [5.74, 6) is -2.19. The standard InChI is InChI=1S/C9H7ClFNO4/c1-2-16-9(13)5-3-4-6(10)7(11)8(5)12(14)15/h3-4H,2H2,1H3. The van der Waals surface area contributed by atoms with Gasteiger partial charge >= 0.3 is 11.7 Å². The van der Waals surface area contributed by atoms with Crippen molar-refractivity contribution in [3.8, 4) is 0 Å². The molecule has 1 rings (SSSR count). The number of esters is 1. The fourth-order valence-corrected chi connectivity index (χ4v) is 1.24. The van der Waals surface area contributed by atoms with Crippen molar-refractivity contribution >= 4 is 23.3 Å². The average molecular weight is 248 g/mol. The first-order valence-corrected chi connectivity index (χ1v) is 4.66. The minimum atomic E-state index is -1.24. The van der Waals surface area contributed by atoms with Gasteiger partial charge in [0.15, 0.2) is 0 Å². The van der Waals surface area contributed by atoms with Crippen LogP contribution in [-0.4, -0.2) is 17.5 Å². The van der Waals surface area contributed by atoms with E-state index in [1.165, 1.54) is 6.92 Å². The van der Waals surface area contributed by atoms with E-state index in [9.17, 15) is 19.3 Å². The van der Waals surface area contributed by atoms with E-state index in [2.05, 4.69) is 4.74 Å². The van der Waals surface area contributed by atoms with Gasteiger partial charge in [-0.25, -0.2) is 4.79 Å². The topological polar surface area (TPSA) is 69.4 Å². The van der Waals surface area contributed by atoms with Crippen molar-refractivity contribution in [1.82, 2.24) is 0 Å². The van der Waals surface area contributed by atoms with E-state index in [4.69, 9.17) is 11.6 Å². The molecule has 7 heteroatoms. The average Bonchev–Trinajstić information content (AvgIpc) is 2.21. The predicted molar refractivity (Wildman–Crippen MR) is 54.0 cm³/mol. The maximum absolute atomic E-state index is 13.3. The molecule has 0 saturated heterocycles. The Morgan fingerprint density at radius 3 is 2.75 bits per heavy atom. The minimum Gasteiger partial charge on any atom is -0.462 e. The molecule has 0 atom stereocenters. The summed E-state index contributed by atoms with van der Waals surface area (Å²) in [6, 6.07) is 2.12. The first kappa shape index (κ1) is 12.4. The Bertz CT molecular complexity index is 449. The van der Waals surface area contributed by atoms with E-state index in [1.807, 2.05) is 0 Å². The van der Waals surface area contributed by atoms with Crippen molar-refractivity contribution in [3.63, 3.8) is 0 Å². The Labute approximate surface area is 94.9 Å². The van der Waals surface area contributed by atoms with Gasteiger partial charge in [-0.05, 0) is 19.1 Å². The molecular weight excluding hydrogens is 241 g/mol. The summed E-state index contributed by atoms with van der Waals surface area (Å²) in [4.78, 5) is 20.9. The molecule has 16 heavy (non-hydrogen) atoms. The molecule has 0 spiro atoms. The molecule has 1 aromatic rings. The van der Waals surface area contributed by atoms with Crippen molar-refractivity contribution < 1.29 is 18.8 Å². The first-order valence-electron chi connectivity index (χ1n) is 4.28. The van der Waals surface area contributed by atoms with Crippen LogP contribution in [0.3, 0.4) is 0 Å². The molecule has 0 aliphatic carbocycles. The summed E-state index contributed by atoms with van der Waals surface area (Å²) in [5.41, 5.74) is -1.42. The normalized spacial score (nSPS) is 9.94. The van der Waals surface area contributed by atoms with Gasteiger partial charge in [0, 0.05) is 0 Å². The van der Waals surface area contributed by atoms with Crippen LogP contribution in [0.25, 0.3) is 0 Å². The highest BCUT2D eigenvalue weighted by Gasteiger charge is 2.27. The predicted octanol–water partition coefficient (Wildman–Crippen LogP) is 2.56. The van der Waals surface area contributed by atoms with Gasteiger partial charge in [0.1, 0.15) is 5.56 Å². The Hall–Kier alpha value is -1.69. The zero-order valence-corrected chi connectivity index (χ0v) is 8.95. The molecule has 0 aromatic heterocycles. The van der Waals surface area contributed by atoms with Gasteiger partial charge in [0.2, 0.25) is 5.82 Å². The second kappa shape index (κ2) is 4.89. The van der Waals surface area contributed by atoms with Crippen LogP contribution in [0.1, 0.15) is 17.3 Å². The SMILES string of the molecule is CCOC(=O)c1ccc(Cl)c(F)c1[N+](=O)[O-]. The Balaban J connectivity index is 3.34. The van der Waals surface area contributed by atoms with E-state index >= 15 is 0 Å². The maximum atomic E-state index is 13.3. The number of nitro benzene ring substituents is 1. The van der Waals surface area contributed by atoms with Crippen LogP contribution >= 0.6 is 11.6 Å². The lowest BCUT2D eigenvalue weighted by Gasteiger charge is -2.04. The highest BCUT2D eigenvalue weighted by molar-refractivity contribution is 6.31. The lowest BCUT2D eigenvalue weighted by molar-refractivity contribution is -0.387. The van der Waals surface area contributed by atoms with Crippen LogP contribution in [-0.2, 0) is 4.74 Å². The smallest absolute Gasteiger partial charge is 0.345 e. The van der Waals surface area contributed by atoms with Crippen LogP contribution in [0, 0.1) is 15.9 Å². The third-order valence-electron chi connectivity index (χ3n) is 1.75. The molecule has 0 N–H and O–H groups in total. The van der Waals surface area contributed by atoms with E-state index < -0.39 is 33.0 Å². The minimum absolute atomic E-state index is 0.0419. The maximum Gasteiger partial charge on any atom is 0.345 e. The van der Waals surface area contributed by atoms with Crippen molar-refractivity contribution in [2.75, 3.05) is 6.61 Å². The van der Waals surface area contributed by atoms with Crippen molar-refractivity contribution in [3.05, 3.63) is 38.7 Å². The molecule has 0 aliphatic heterocycles. The number of carbonyl (C=O) groups excluding carboxylic acids is 1. The summed E-state index contributed by atoms with van der Waals surface area (Å²) in [5, 5.41) is 10.2. The summed E-state index contributed by atoms with van der Waals surface area (Å²) in [6.07, 6.45) is 0. The molecule has 0 amide bonds. The van der Waals surface area contributed by atoms with Crippen molar-refractivity contribution in [2.24, 2.45) is 0 Å². The van der Waals surface area contributed by atoms with Crippen molar-refractivity contribution in [1.29, 1.82) is 0 Å². The molecule has 0 heterocycles. The first-order chi connectivity index (χ1) is 7.49. The zero-order chi connectivity index (χ0) is 12.3. The highest BCUT2D eigenvalue weighted by atomic mass is 35.5. The molecule has 0 saturated carbocycles. The van der Waals surface area contributed by atoms with Crippen molar-refractivity contribution in [2.45, 2.75) is 6.92 Å². The quantitative estimate of drug-likeness (QED) is 0.468. The van der Waals surface area contributed by atoms with Gasteiger partial charge in [0.25, 0.3) is 0 Å². The van der Waals surface area contributed by atoms with Gasteiger partial charge in [-0.15, -0.1) is 0 Å². The van der Waals surface area contributed by atoms with Crippen LogP contribution in [0.5, 0.6) is 0 Å². The monoisotopic (exact) mass is 247 g/mol. The summed E-state index contributed by atoms with van der Waals surface area (Å²) in [6.45, 7) is 1.58. The lowest BCUT2D eigenvalue weighted by Crippen LogP contribution is -2.09. The summed E-state index contributed by atoms with van der Waals surface area (Å²) in [7, 11) is 0. The second-order valence-electron chi connectivity index (χ2n) is 2.74. The van der Waals surface area contributed by atoms with E-state index in [-0.39, 0.29) is 6.61 Å². The number of rotatable bonds is 3. The van der Waals surface area contributed by atoms with Gasteiger partial charge in [0.05, 0.1) is 16.6 Å². The third-order valence-corrected chi connectivity index (χ3v) is 2.04. The molecule has 0 unspecified atom stereocenters. The fourth-order valence-electron chi connectivity index (χ4n) is 1.09. The van der Waals surface area contributed by atoms with E-state index in [1.54, 1.807) is 0 Å². The number of nitrogens with zero attached hydrogens (tertiary/aromatic N) is 1. The Morgan fingerprint density at radius 1 is 1.62 bits per heavy atom. The number of benzene rings is 1. The number of hydrogen-bond donors (Lipinski definition) is 0. The molecule has 5 nitrogen and oxygen atoms in total. The molecule has 0 bridgehead atoms. The van der Waals surface area contributed by atoms with Crippen LogP contribution < -0.4 is 0 Å². The molecule has 0 fully saturated rings. The fraction of sp³-hybridized carbons (Fsp3) is 0.222. The highest BCUT2D eigenvalue weighted by Crippen LogP contribution is 2.28. The van der Waals surface area contributed by atoms with E-state index in [0.717, 1.165) is 12.1 Å². The number of hydrogen-bond acceptors (Lipinski definition) is 4. The Morgan fingerprint density at radius 2 is 2.25 bits per heavy atom. The lowest BCUT2D eigenvalue weighted by atomic mass is 10.1. The molecule has 0 radical (unpaired) electrons. The van der Waals surface area contributed by atoms with E-state index in [0.29, 0.717) is 0 Å². The third kappa shape index (κ3) is 2.27. The number of nitro groups is 1. The second-order valence-corrected chi connectivity index (χ2v) is 3.14. The molecule has 0 aliphatic rings. The molecule has 1 aromatic carbocycles. The van der Waals surface area contributed by atoms with Gasteiger partial charge in [-0.3, -0.25) is 10.1 Å². The summed E-state index contributed by atoms with van der Waals surface area (Å²) >= 11 is 5.38. The van der Waals surface area contributed by atoms with Crippen LogP contribution in [0.15, 0.2) is 12.1 Å². The molecule has 86 valence electrons. The van der Waals surface area contributed by atoms with Crippen LogP contribution in [0.2, 0.25) is 5.02 Å². The Kier molecular flexibility index (Phi) is 3.78. The summed E-state index contributed by atoms with van der Waals surface area (Å²) < 4.78 is 17.9. The number of ether oxygens (including phenoxy) is 1. The van der Waals surface area contributed by atoms with Gasteiger partial charge < -0.3 is 4.74 Å². The van der Waals surface area contributed by atoms with Gasteiger partial charge in [-0.1, -0.05) is 11.6 Å².